The highest BCUT2D eigenvalue weighted by molar-refractivity contribution is 7.98. The molecular weight excluding hydrogens is 384 g/mol. The Hall–Kier alpha value is -3.06. The van der Waals surface area contributed by atoms with Gasteiger partial charge < -0.3 is 10.3 Å². The Morgan fingerprint density at radius 2 is 2.00 bits per heavy atom. The van der Waals surface area contributed by atoms with Gasteiger partial charge in [0.2, 0.25) is 5.91 Å². The minimum Gasteiger partial charge on any atom is -0.352 e. The zero-order valence-electron chi connectivity index (χ0n) is 16.4. The van der Waals surface area contributed by atoms with Crippen LogP contribution in [-0.2, 0) is 17.9 Å². The monoisotopic (exact) mass is 406 g/mol. The van der Waals surface area contributed by atoms with Crippen molar-refractivity contribution in [3.63, 3.8) is 0 Å². The van der Waals surface area contributed by atoms with E-state index in [1.807, 2.05) is 55.6 Å². The molecule has 4 rings (SSSR count). The number of benzene rings is 2. The number of fused-ring (bicyclic) bond motifs is 3. The van der Waals surface area contributed by atoms with Crippen molar-refractivity contribution in [2.75, 3.05) is 6.26 Å². The maximum atomic E-state index is 12.8. The fraction of sp³-hybridized carbons (Fsp3) is 0.227. The van der Waals surface area contributed by atoms with Gasteiger partial charge in [0, 0.05) is 35.3 Å². The molecule has 2 heterocycles. The Bertz CT molecular complexity index is 1240. The number of thioether (sulfide) groups is 1. The third kappa shape index (κ3) is 4.05. The van der Waals surface area contributed by atoms with Crippen molar-refractivity contribution in [3.8, 4) is 0 Å². The van der Waals surface area contributed by atoms with Crippen molar-refractivity contribution < 1.29 is 4.79 Å². The summed E-state index contributed by atoms with van der Waals surface area (Å²) in [4.78, 5) is 33.8. The molecule has 4 aromatic rings. The van der Waals surface area contributed by atoms with Crippen LogP contribution in [0.25, 0.3) is 21.9 Å². The van der Waals surface area contributed by atoms with Gasteiger partial charge in [0.05, 0.1) is 6.33 Å². The van der Waals surface area contributed by atoms with Crippen molar-refractivity contribution in [2.45, 2.75) is 31.3 Å². The van der Waals surface area contributed by atoms with Crippen molar-refractivity contribution in [3.05, 3.63) is 70.3 Å². The fourth-order valence-corrected chi connectivity index (χ4v) is 3.73. The summed E-state index contributed by atoms with van der Waals surface area (Å²) in [5.41, 5.74) is 4.03. The molecule has 1 amide bonds. The van der Waals surface area contributed by atoms with Crippen LogP contribution in [0.4, 0.5) is 0 Å². The van der Waals surface area contributed by atoms with E-state index in [0.29, 0.717) is 17.6 Å². The largest absolute Gasteiger partial charge is 0.352 e. The number of aryl methyl sites for hydroxylation is 2. The van der Waals surface area contributed by atoms with Crippen LogP contribution >= 0.6 is 11.8 Å². The van der Waals surface area contributed by atoms with E-state index in [-0.39, 0.29) is 24.4 Å². The first-order valence-corrected chi connectivity index (χ1v) is 10.6. The Balaban J connectivity index is 1.43. The van der Waals surface area contributed by atoms with Crippen LogP contribution < -0.4 is 10.9 Å². The highest BCUT2D eigenvalue weighted by Gasteiger charge is 2.12. The van der Waals surface area contributed by atoms with Gasteiger partial charge in [-0.3, -0.25) is 14.2 Å². The lowest BCUT2D eigenvalue weighted by molar-refractivity contribution is -0.121. The summed E-state index contributed by atoms with van der Waals surface area (Å²) in [6, 6.07) is 14.1. The quantitative estimate of drug-likeness (QED) is 0.480. The van der Waals surface area contributed by atoms with Gasteiger partial charge in [-0.25, -0.2) is 4.98 Å². The molecule has 0 atom stereocenters. The molecule has 0 saturated heterocycles. The van der Waals surface area contributed by atoms with Gasteiger partial charge in [-0.1, -0.05) is 23.8 Å². The topological polar surface area (TPSA) is 79.8 Å². The molecule has 0 bridgehead atoms. The smallest absolute Gasteiger partial charge is 0.277 e. The molecular formula is C22H22N4O2S. The molecule has 0 radical (unpaired) electrons. The van der Waals surface area contributed by atoms with Gasteiger partial charge >= 0.3 is 0 Å². The lowest BCUT2D eigenvalue weighted by Crippen LogP contribution is -2.27. The third-order valence-corrected chi connectivity index (χ3v) is 5.70. The molecule has 29 heavy (non-hydrogen) atoms. The molecule has 0 aliphatic carbocycles. The maximum absolute atomic E-state index is 12.8. The summed E-state index contributed by atoms with van der Waals surface area (Å²) in [6.07, 6.45) is 3.77. The predicted octanol–water partition coefficient (Wildman–Crippen LogP) is 3.61. The third-order valence-electron chi connectivity index (χ3n) is 4.96. The van der Waals surface area contributed by atoms with Crippen LogP contribution in [0.1, 0.15) is 17.5 Å². The molecule has 7 heteroatoms. The van der Waals surface area contributed by atoms with Gasteiger partial charge in [-0.05, 0) is 43.0 Å². The predicted molar refractivity (Wildman–Crippen MR) is 117 cm³/mol. The number of nitrogens with zero attached hydrogens (tertiary/aromatic N) is 2. The molecule has 0 saturated carbocycles. The van der Waals surface area contributed by atoms with Gasteiger partial charge in [0.25, 0.3) is 5.56 Å². The summed E-state index contributed by atoms with van der Waals surface area (Å²) < 4.78 is 1.48. The van der Waals surface area contributed by atoms with Crippen LogP contribution in [0.3, 0.4) is 0 Å². The molecule has 2 aromatic heterocycles. The van der Waals surface area contributed by atoms with E-state index in [0.717, 1.165) is 22.0 Å². The highest BCUT2D eigenvalue weighted by atomic mass is 32.2. The van der Waals surface area contributed by atoms with Crippen molar-refractivity contribution in [2.24, 2.45) is 0 Å². The Morgan fingerprint density at radius 3 is 2.76 bits per heavy atom. The molecule has 6 nitrogen and oxygen atoms in total. The number of H-pyrrole nitrogens is 1. The average Bonchev–Trinajstić information content (AvgIpc) is 3.11. The minimum absolute atomic E-state index is 0.0989. The summed E-state index contributed by atoms with van der Waals surface area (Å²) in [5.74, 6) is -0.0989. The van der Waals surface area contributed by atoms with Gasteiger partial charge in [-0.2, -0.15) is 0 Å². The molecule has 0 aliphatic rings. The van der Waals surface area contributed by atoms with Crippen LogP contribution in [0.5, 0.6) is 0 Å². The zero-order valence-corrected chi connectivity index (χ0v) is 17.2. The van der Waals surface area contributed by atoms with E-state index in [1.54, 1.807) is 11.8 Å². The highest BCUT2D eigenvalue weighted by Crippen LogP contribution is 2.22. The van der Waals surface area contributed by atoms with E-state index in [9.17, 15) is 9.59 Å². The lowest BCUT2D eigenvalue weighted by Gasteiger charge is -2.07. The summed E-state index contributed by atoms with van der Waals surface area (Å²) in [7, 11) is 0. The van der Waals surface area contributed by atoms with Crippen LogP contribution in [-0.4, -0.2) is 26.7 Å². The molecule has 0 aliphatic heterocycles. The number of carbonyl (C=O) groups is 1. The molecule has 0 unspecified atom stereocenters. The SMILES string of the molecule is CSc1ccc(CNC(=O)CCn2cnc3c([nH]c4ccc(C)cc43)c2=O)cc1. The molecule has 0 spiro atoms. The van der Waals surface area contributed by atoms with E-state index in [1.165, 1.54) is 15.8 Å². The van der Waals surface area contributed by atoms with Crippen LogP contribution in [0, 0.1) is 6.92 Å². The van der Waals surface area contributed by atoms with Gasteiger partial charge in [0.1, 0.15) is 11.0 Å². The van der Waals surface area contributed by atoms with Crippen molar-refractivity contribution in [1.82, 2.24) is 19.9 Å². The molecule has 2 aromatic carbocycles. The second-order valence-electron chi connectivity index (χ2n) is 7.02. The molecule has 2 N–H and O–H groups in total. The number of aromatic nitrogens is 3. The summed E-state index contributed by atoms with van der Waals surface area (Å²) in [6.45, 7) is 2.77. The first-order chi connectivity index (χ1) is 14.0. The number of rotatable bonds is 6. The summed E-state index contributed by atoms with van der Waals surface area (Å²) >= 11 is 1.68. The first-order valence-electron chi connectivity index (χ1n) is 9.42. The Kier molecular flexibility index (Phi) is 5.40. The lowest BCUT2D eigenvalue weighted by atomic mass is 10.2. The minimum atomic E-state index is -0.163. The summed E-state index contributed by atoms with van der Waals surface area (Å²) in [5, 5.41) is 3.84. The average molecular weight is 407 g/mol. The number of aromatic amines is 1. The van der Waals surface area contributed by atoms with E-state index in [4.69, 9.17) is 0 Å². The van der Waals surface area contributed by atoms with E-state index >= 15 is 0 Å². The number of hydrogen-bond donors (Lipinski definition) is 2. The Labute approximate surface area is 172 Å². The zero-order chi connectivity index (χ0) is 20.4. The number of nitrogens with one attached hydrogen (secondary N) is 2. The van der Waals surface area contributed by atoms with Gasteiger partial charge in [0.15, 0.2) is 0 Å². The van der Waals surface area contributed by atoms with Crippen LogP contribution in [0.2, 0.25) is 0 Å². The Morgan fingerprint density at radius 1 is 1.21 bits per heavy atom. The molecule has 148 valence electrons. The number of amides is 1. The van der Waals surface area contributed by atoms with Crippen molar-refractivity contribution in [1.29, 1.82) is 0 Å². The van der Waals surface area contributed by atoms with E-state index in [2.05, 4.69) is 15.3 Å². The van der Waals surface area contributed by atoms with Crippen LogP contribution in [0.15, 0.2) is 58.5 Å². The second-order valence-corrected chi connectivity index (χ2v) is 7.90. The van der Waals surface area contributed by atoms with Crippen molar-refractivity contribution >= 4 is 39.6 Å². The fourth-order valence-electron chi connectivity index (χ4n) is 3.32. The normalized spacial score (nSPS) is 11.2. The van der Waals surface area contributed by atoms with Gasteiger partial charge in [-0.15, -0.1) is 11.8 Å². The maximum Gasteiger partial charge on any atom is 0.277 e. The first kappa shape index (κ1) is 19.3. The number of carbonyl (C=O) groups excluding carboxylic acids is 1. The second kappa shape index (κ2) is 8.13. The standard InChI is InChI=1S/C22H22N4O2S/c1-14-3-8-18-17(11-14)20-21(25-18)22(28)26(13-24-20)10-9-19(27)23-12-15-4-6-16(29-2)7-5-15/h3-8,11,13,25H,9-10,12H2,1-2H3,(H,23,27). The van der Waals surface area contributed by atoms with E-state index < -0.39 is 0 Å². The molecule has 0 fully saturated rings. The number of hydrogen-bond acceptors (Lipinski definition) is 4.